The number of anilines is 1. The van der Waals surface area contributed by atoms with Crippen LogP contribution < -0.4 is 14.2 Å². The standard InChI is InChI=1S/C27H25F3N2O6S/c1-26(2,17-6-5-7-21(12-17)38-27(28,29)30)18-11-20(15-22(13-18)37-3)32-23-14-19(31-39(4,35)36)9-8-16(23)10-24(32)25(33)34/h5-15,31H,1-4H3,(H,33,34). The first-order valence-corrected chi connectivity index (χ1v) is 13.4. The monoisotopic (exact) mass is 562 g/mol. The summed E-state index contributed by atoms with van der Waals surface area (Å²) in [5.41, 5.74) is 1.22. The largest absolute Gasteiger partial charge is 0.573 e. The molecule has 12 heteroatoms. The number of carbonyl (C=O) groups is 1. The number of nitrogens with one attached hydrogen (secondary N) is 1. The average molecular weight is 563 g/mol. The Morgan fingerprint density at radius 2 is 1.64 bits per heavy atom. The lowest BCUT2D eigenvalue weighted by Gasteiger charge is -2.28. The molecule has 4 rings (SSSR count). The van der Waals surface area contributed by atoms with Crippen molar-refractivity contribution in [3.05, 3.63) is 83.6 Å². The van der Waals surface area contributed by atoms with Crippen LogP contribution in [0.2, 0.25) is 0 Å². The van der Waals surface area contributed by atoms with Crippen LogP contribution in [0.5, 0.6) is 11.5 Å². The van der Waals surface area contributed by atoms with Crippen molar-refractivity contribution in [1.82, 2.24) is 4.57 Å². The van der Waals surface area contributed by atoms with Crippen LogP contribution in [0.25, 0.3) is 16.6 Å². The Morgan fingerprint density at radius 3 is 2.26 bits per heavy atom. The van der Waals surface area contributed by atoms with Crippen LogP contribution in [0.15, 0.2) is 66.7 Å². The molecule has 3 aromatic carbocycles. The molecule has 206 valence electrons. The number of benzene rings is 3. The molecule has 39 heavy (non-hydrogen) atoms. The van der Waals surface area contributed by atoms with E-state index in [-0.39, 0.29) is 17.1 Å². The summed E-state index contributed by atoms with van der Waals surface area (Å²) in [5.74, 6) is -1.21. The highest BCUT2D eigenvalue weighted by atomic mass is 32.2. The fraction of sp³-hybridized carbons (Fsp3) is 0.222. The first-order chi connectivity index (χ1) is 18.1. The maximum atomic E-state index is 12.8. The summed E-state index contributed by atoms with van der Waals surface area (Å²) >= 11 is 0. The number of aromatic carboxylic acids is 1. The van der Waals surface area contributed by atoms with Gasteiger partial charge in [0.2, 0.25) is 10.0 Å². The van der Waals surface area contributed by atoms with Gasteiger partial charge in [-0.1, -0.05) is 32.0 Å². The van der Waals surface area contributed by atoms with Crippen molar-refractivity contribution in [3.8, 4) is 17.2 Å². The van der Waals surface area contributed by atoms with Gasteiger partial charge < -0.3 is 19.1 Å². The van der Waals surface area contributed by atoms with Crippen LogP contribution in [0.3, 0.4) is 0 Å². The van der Waals surface area contributed by atoms with Gasteiger partial charge in [-0.2, -0.15) is 0 Å². The molecule has 0 bridgehead atoms. The molecule has 1 heterocycles. The third-order valence-electron chi connectivity index (χ3n) is 6.22. The van der Waals surface area contributed by atoms with Crippen molar-refractivity contribution >= 4 is 32.6 Å². The van der Waals surface area contributed by atoms with E-state index in [1.807, 2.05) is 0 Å². The summed E-state index contributed by atoms with van der Waals surface area (Å²) in [7, 11) is -2.15. The lowest BCUT2D eigenvalue weighted by Crippen LogP contribution is -2.21. The minimum absolute atomic E-state index is 0.0842. The van der Waals surface area contributed by atoms with Gasteiger partial charge in [0.1, 0.15) is 17.2 Å². The van der Waals surface area contributed by atoms with E-state index in [1.165, 1.54) is 48.1 Å². The van der Waals surface area contributed by atoms with Crippen LogP contribution in [0.1, 0.15) is 35.5 Å². The number of alkyl halides is 3. The van der Waals surface area contributed by atoms with Gasteiger partial charge in [0.15, 0.2) is 0 Å². The highest BCUT2D eigenvalue weighted by Crippen LogP contribution is 2.38. The van der Waals surface area contributed by atoms with Crippen LogP contribution in [-0.2, 0) is 15.4 Å². The summed E-state index contributed by atoms with van der Waals surface area (Å²) in [5, 5.41) is 10.5. The molecular weight excluding hydrogens is 537 g/mol. The van der Waals surface area contributed by atoms with Gasteiger partial charge in [-0.05, 0) is 53.6 Å². The van der Waals surface area contributed by atoms with Gasteiger partial charge in [0.05, 0.1) is 30.3 Å². The Kier molecular flexibility index (Phi) is 7.02. The zero-order chi connectivity index (χ0) is 28.8. The van der Waals surface area contributed by atoms with E-state index < -0.39 is 27.8 Å². The van der Waals surface area contributed by atoms with Gasteiger partial charge in [0.25, 0.3) is 0 Å². The fourth-order valence-electron chi connectivity index (χ4n) is 4.35. The molecule has 2 N–H and O–H groups in total. The summed E-state index contributed by atoms with van der Waals surface area (Å²) in [6, 6.07) is 16.8. The second kappa shape index (κ2) is 9.84. The van der Waals surface area contributed by atoms with Crippen LogP contribution in [0.4, 0.5) is 18.9 Å². The second-order valence-electron chi connectivity index (χ2n) is 9.44. The zero-order valence-electron chi connectivity index (χ0n) is 21.3. The van der Waals surface area contributed by atoms with E-state index in [2.05, 4.69) is 9.46 Å². The van der Waals surface area contributed by atoms with Gasteiger partial charge in [-0.3, -0.25) is 4.72 Å². The number of hydrogen-bond donors (Lipinski definition) is 2. The van der Waals surface area contributed by atoms with Crippen molar-refractivity contribution < 1.29 is 41.0 Å². The number of carboxylic acids is 1. The molecule has 0 atom stereocenters. The molecule has 0 saturated carbocycles. The highest BCUT2D eigenvalue weighted by molar-refractivity contribution is 7.92. The molecule has 0 radical (unpaired) electrons. The average Bonchev–Trinajstić information content (AvgIpc) is 3.21. The third-order valence-corrected chi connectivity index (χ3v) is 6.83. The number of sulfonamides is 1. The minimum atomic E-state index is -4.85. The number of carboxylic acid groups (broad SMARTS) is 1. The van der Waals surface area contributed by atoms with E-state index >= 15 is 0 Å². The predicted molar refractivity (Wildman–Crippen MR) is 141 cm³/mol. The minimum Gasteiger partial charge on any atom is -0.497 e. The van der Waals surface area contributed by atoms with Crippen LogP contribution in [-0.4, -0.2) is 43.8 Å². The van der Waals surface area contributed by atoms with Gasteiger partial charge in [0, 0.05) is 16.9 Å². The molecule has 0 aliphatic rings. The maximum absolute atomic E-state index is 12.8. The summed E-state index contributed by atoms with van der Waals surface area (Å²) < 4.78 is 75.5. The molecule has 8 nitrogen and oxygen atoms in total. The first-order valence-electron chi connectivity index (χ1n) is 11.5. The summed E-state index contributed by atoms with van der Waals surface area (Å²) in [4.78, 5) is 12.2. The van der Waals surface area contributed by atoms with Gasteiger partial charge in [-0.15, -0.1) is 13.2 Å². The summed E-state index contributed by atoms with van der Waals surface area (Å²) in [6.45, 7) is 3.61. The Bertz CT molecular complexity index is 1680. The Hall–Kier alpha value is -4.19. The SMILES string of the molecule is COc1cc(-n2c(C(=O)O)cc3ccc(NS(C)(=O)=O)cc32)cc(C(C)(C)c2cccc(OC(F)(F)F)c2)c1. The first kappa shape index (κ1) is 27.8. The molecule has 0 unspecified atom stereocenters. The van der Waals surface area contributed by atoms with Gasteiger partial charge in [-0.25, -0.2) is 13.2 Å². The Labute approximate surface area is 222 Å². The van der Waals surface area contributed by atoms with E-state index in [0.29, 0.717) is 33.5 Å². The number of rotatable bonds is 8. The quantitative estimate of drug-likeness (QED) is 0.276. The topological polar surface area (TPSA) is 107 Å². The molecule has 0 fully saturated rings. The van der Waals surface area contributed by atoms with E-state index in [4.69, 9.17) is 4.74 Å². The molecule has 4 aromatic rings. The second-order valence-corrected chi connectivity index (χ2v) is 11.2. The molecule has 0 spiro atoms. The van der Waals surface area contributed by atoms with Crippen molar-refractivity contribution in [2.45, 2.75) is 25.6 Å². The number of halogens is 3. The lowest BCUT2D eigenvalue weighted by atomic mass is 9.78. The maximum Gasteiger partial charge on any atom is 0.573 e. The Morgan fingerprint density at radius 1 is 0.949 bits per heavy atom. The predicted octanol–water partition coefficient (Wildman–Crippen LogP) is 5.93. The number of hydrogen-bond acceptors (Lipinski definition) is 5. The van der Waals surface area contributed by atoms with Crippen LogP contribution >= 0.6 is 0 Å². The third kappa shape index (κ3) is 6.11. The number of methoxy groups -OCH3 is 1. The van der Waals surface area contributed by atoms with Crippen molar-refractivity contribution in [3.63, 3.8) is 0 Å². The van der Waals surface area contributed by atoms with E-state index in [0.717, 1.165) is 6.26 Å². The van der Waals surface area contributed by atoms with Crippen molar-refractivity contribution in [2.75, 3.05) is 18.1 Å². The summed E-state index contributed by atoms with van der Waals surface area (Å²) in [6.07, 6.45) is -3.84. The van der Waals surface area contributed by atoms with Crippen LogP contribution in [0, 0.1) is 0 Å². The highest BCUT2D eigenvalue weighted by Gasteiger charge is 2.32. The van der Waals surface area contributed by atoms with Crippen molar-refractivity contribution in [1.29, 1.82) is 0 Å². The molecule has 1 aromatic heterocycles. The van der Waals surface area contributed by atoms with E-state index in [9.17, 15) is 31.5 Å². The molecule has 0 saturated heterocycles. The fourth-order valence-corrected chi connectivity index (χ4v) is 4.91. The molecular formula is C27H25F3N2O6S. The number of aromatic nitrogens is 1. The molecule has 0 amide bonds. The zero-order valence-corrected chi connectivity index (χ0v) is 22.1. The lowest BCUT2D eigenvalue weighted by molar-refractivity contribution is -0.274. The number of nitrogens with zero attached hydrogens (tertiary/aromatic N) is 1. The smallest absolute Gasteiger partial charge is 0.497 e. The van der Waals surface area contributed by atoms with E-state index in [1.54, 1.807) is 44.2 Å². The number of fused-ring (bicyclic) bond motifs is 1. The van der Waals surface area contributed by atoms with Crippen molar-refractivity contribution in [2.24, 2.45) is 0 Å². The Balaban J connectivity index is 1.91. The van der Waals surface area contributed by atoms with Gasteiger partial charge >= 0.3 is 12.3 Å². The molecule has 0 aliphatic heterocycles. The number of ether oxygens (including phenoxy) is 2. The normalized spacial score (nSPS) is 12.4. The molecule has 0 aliphatic carbocycles.